The smallest absolute Gasteiger partial charge is 0.275 e. The van der Waals surface area contributed by atoms with E-state index in [4.69, 9.17) is 0 Å². The van der Waals surface area contributed by atoms with E-state index in [1.807, 2.05) is 60.4 Å². The molecule has 9 heteroatoms. The highest BCUT2D eigenvalue weighted by Gasteiger charge is 2.34. The highest BCUT2D eigenvalue weighted by atomic mass is 79.9. The van der Waals surface area contributed by atoms with Crippen molar-refractivity contribution in [2.45, 2.75) is 27.3 Å². The van der Waals surface area contributed by atoms with E-state index in [9.17, 15) is 14.4 Å². The first-order valence-corrected chi connectivity index (χ1v) is 13.0. The minimum Gasteiger partial charge on any atom is -0.336 e. The van der Waals surface area contributed by atoms with E-state index < -0.39 is 0 Å². The third kappa shape index (κ3) is 4.89. The van der Waals surface area contributed by atoms with Gasteiger partial charge in [0.15, 0.2) is 0 Å². The quantitative estimate of drug-likeness (QED) is 0.467. The monoisotopic (exact) mass is 561 g/mol. The van der Waals surface area contributed by atoms with Crippen LogP contribution in [0.4, 0.5) is 5.82 Å². The number of rotatable bonds is 5. The van der Waals surface area contributed by atoms with Gasteiger partial charge in [-0.05, 0) is 56.2 Å². The van der Waals surface area contributed by atoms with Crippen LogP contribution < -0.4 is 5.43 Å². The first-order valence-electron chi connectivity index (χ1n) is 12.2. The number of hydrazine groups is 1. The summed E-state index contributed by atoms with van der Waals surface area (Å²) in [5.41, 5.74) is 7.31. The fourth-order valence-electron chi connectivity index (χ4n) is 4.76. The Bertz CT molecular complexity index is 1440. The molecular weight excluding hydrogens is 534 g/mol. The first kappa shape index (κ1) is 25.1. The van der Waals surface area contributed by atoms with Gasteiger partial charge in [-0.1, -0.05) is 40.2 Å². The zero-order valence-corrected chi connectivity index (χ0v) is 22.6. The number of nitrogens with zero attached hydrogens (tertiary/aromatic N) is 4. The molecule has 0 bridgehead atoms. The summed E-state index contributed by atoms with van der Waals surface area (Å²) in [6.45, 7) is 8.69. The van der Waals surface area contributed by atoms with Crippen molar-refractivity contribution >= 4 is 50.4 Å². The molecule has 1 saturated heterocycles. The van der Waals surface area contributed by atoms with Gasteiger partial charge in [0.1, 0.15) is 5.82 Å². The molecular formula is C28H28BrN5O3. The number of halogens is 1. The van der Waals surface area contributed by atoms with Crippen LogP contribution in [0.2, 0.25) is 0 Å². The number of hydrogen-bond acceptors (Lipinski definition) is 6. The molecule has 1 N–H and O–H groups in total. The number of piperazine rings is 1. The Labute approximate surface area is 224 Å². The molecule has 0 saturated carbocycles. The van der Waals surface area contributed by atoms with Crippen LogP contribution in [0.25, 0.3) is 10.9 Å². The van der Waals surface area contributed by atoms with Crippen molar-refractivity contribution in [1.82, 2.24) is 19.8 Å². The van der Waals surface area contributed by atoms with Crippen molar-refractivity contribution in [3.8, 4) is 0 Å². The summed E-state index contributed by atoms with van der Waals surface area (Å²) >= 11 is 3.51. The van der Waals surface area contributed by atoms with E-state index >= 15 is 0 Å². The van der Waals surface area contributed by atoms with Gasteiger partial charge in [0, 0.05) is 59.3 Å². The minimum atomic E-state index is -0.366. The fraction of sp³-hybridized carbons (Fsp3) is 0.286. The number of aromatic nitrogens is 1. The molecule has 0 spiro atoms. The average Bonchev–Trinajstić information content (AvgIpc) is 3.06. The number of anilines is 1. The van der Waals surface area contributed by atoms with Gasteiger partial charge in [-0.15, -0.1) is 0 Å². The first-order chi connectivity index (χ1) is 17.7. The van der Waals surface area contributed by atoms with Gasteiger partial charge >= 0.3 is 0 Å². The molecule has 8 nitrogen and oxygen atoms in total. The van der Waals surface area contributed by atoms with Crippen LogP contribution in [0.15, 0.2) is 64.1 Å². The minimum absolute atomic E-state index is 0.0718. The molecule has 0 atom stereocenters. The van der Waals surface area contributed by atoms with Crippen LogP contribution >= 0.6 is 15.9 Å². The summed E-state index contributed by atoms with van der Waals surface area (Å²) in [7, 11) is 0. The van der Waals surface area contributed by atoms with Crippen molar-refractivity contribution in [3.05, 3.63) is 80.8 Å². The van der Waals surface area contributed by atoms with Gasteiger partial charge in [0.25, 0.3) is 17.7 Å². The SMILES string of the molecule is CC1=C(C)C(=O)N(Nc2cc(CN3CCN(C(=O)c4ccccc4C)CC3)c3ccc(Br)cc3n2)C1=O. The maximum Gasteiger partial charge on any atom is 0.275 e. The average molecular weight is 562 g/mol. The molecule has 2 aliphatic heterocycles. The van der Waals surface area contributed by atoms with Crippen LogP contribution in [0.3, 0.4) is 0 Å². The Morgan fingerprint density at radius 2 is 1.62 bits per heavy atom. The molecule has 1 fully saturated rings. The second kappa shape index (κ2) is 10.1. The van der Waals surface area contributed by atoms with Crippen LogP contribution in [0.5, 0.6) is 0 Å². The van der Waals surface area contributed by atoms with E-state index in [1.165, 1.54) is 0 Å². The standard InChI is InChI=1S/C28H28BrN5O3/c1-17-6-4-5-7-22(17)28(37)33-12-10-32(11-13-33)16-20-14-25(30-24-15-21(29)8-9-23(20)24)31-34-26(35)18(2)19(3)27(34)36/h4-9,14-15H,10-13,16H2,1-3H3,(H,30,31). The number of aryl methyl sites for hydroxylation is 1. The molecule has 3 heterocycles. The van der Waals surface area contributed by atoms with Crippen LogP contribution in [-0.2, 0) is 16.1 Å². The Morgan fingerprint density at radius 3 is 2.30 bits per heavy atom. The Morgan fingerprint density at radius 1 is 0.946 bits per heavy atom. The summed E-state index contributed by atoms with van der Waals surface area (Å²) < 4.78 is 0.889. The highest BCUT2D eigenvalue weighted by molar-refractivity contribution is 9.10. The molecule has 0 unspecified atom stereocenters. The number of pyridine rings is 1. The second-order valence-electron chi connectivity index (χ2n) is 9.52. The van der Waals surface area contributed by atoms with Gasteiger partial charge in [0.05, 0.1) is 5.52 Å². The number of imide groups is 1. The topological polar surface area (TPSA) is 85.8 Å². The zero-order chi connectivity index (χ0) is 26.3. The van der Waals surface area contributed by atoms with Gasteiger partial charge in [-0.25, -0.2) is 4.98 Å². The van der Waals surface area contributed by atoms with E-state index in [2.05, 4.69) is 31.2 Å². The molecule has 2 aromatic carbocycles. The lowest BCUT2D eigenvalue weighted by molar-refractivity contribution is -0.135. The maximum atomic E-state index is 13.0. The van der Waals surface area contributed by atoms with Crippen molar-refractivity contribution in [2.24, 2.45) is 0 Å². The lowest BCUT2D eigenvalue weighted by Gasteiger charge is -2.35. The molecule has 3 amide bonds. The van der Waals surface area contributed by atoms with E-state index in [0.717, 1.165) is 50.2 Å². The summed E-state index contributed by atoms with van der Waals surface area (Å²) in [4.78, 5) is 47.1. The molecule has 3 aromatic rings. The summed E-state index contributed by atoms with van der Waals surface area (Å²) in [5, 5.41) is 2.02. The zero-order valence-electron chi connectivity index (χ0n) is 21.0. The van der Waals surface area contributed by atoms with Crippen molar-refractivity contribution < 1.29 is 14.4 Å². The Balaban J connectivity index is 1.34. The summed E-state index contributed by atoms with van der Waals surface area (Å²) in [6, 6.07) is 15.5. The largest absolute Gasteiger partial charge is 0.336 e. The van der Waals surface area contributed by atoms with Gasteiger partial charge in [-0.2, -0.15) is 5.01 Å². The number of nitrogens with one attached hydrogen (secondary N) is 1. The Hall–Kier alpha value is -3.56. The lowest BCUT2D eigenvalue weighted by atomic mass is 10.1. The second-order valence-corrected chi connectivity index (χ2v) is 10.4. The molecule has 1 aromatic heterocycles. The number of benzene rings is 2. The van der Waals surface area contributed by atoms with Gasteiger partial charge < -0.3 is 4.90 Å². The maximum absolute atomic E-state index is 13.0. The van der Waals surface area contributed by atoms with E-state index in [-0.39, 0.29) is 17.7 Å². The molecule has 5 rings (SSSR count). The van der Waals surface area contributed by atoms with Crippen LogP contribution in [0, 0.1) is 6.92 Å². The van der Waals surface area contributed by atoms with Crippen molar-refractivity contribution in [1.29, 1.82) is 0 Å². The molecule has 0 aliphatic carbocycles. The molecule has 37 heavy (non-hydrogen) atoms. The van der Waals surface area contributed by atoms with Crippen molar-refractivity contribution in [3.63, 3.8) is 0 Å². The number of amides is 3. The Kier molecular flexibility index (Phi) is 6.83. The third-order valence-corrected chi connectivity index (χ3v) is 7.62. The molecule has 2 aliphatic rings. The lowest BCUT2D eigenvalue weighted by Crippen LogP contribution is -2.48. The van der Waals surface area contributed by atoms with Gasteiger partial charge in [0.2, 0.25) is 0 Å². The highest BCUT2D eigenvalue weighted by Crippen LogP contribution is 2.27. The predicted octanol–water partition coefficient (Wildman–Crippen LogP) is 4.30. The number of carbonyl (C=O) groups excluding carboxylic acids is 3. The van der Waals surface area contributed by atoms with E-state index in [0.29, 0.717) is 36.6 Å². The fourth-order valence-corrected chi connectivity index (χ4v) is 5.11. The number of carbonyl (C=O) groups is 3. The number of hydrogen-bond donors (Lipinski definition) is 1. The third-order valence-electron chi connectivity index (χ3n) is 7.12. The van der Waals surface area contributed by atoms with Crippen LogP contribution in [0.1, 0.15) is 35.3 Å². The van der Waals surface area contributed by atoms with Crippen molar-refractivity contribution in [2.75, 3.05) is 31.6 Å². The number of fused-ring (bicyclic) bond motifs is 1. The molecule has 190 valence electrons. The van der Waals surface area contributed by atoms with Crippen LogP contribution in [-0.4, -0.2) is 63.7 Å². The molecule has 0 radical (unpaired) electrons. The van der Waals surface area contributed by atoms with E-state index in [1.54, 1.807) is 13.8 Å². The summed E-state index contributed by atoms with van der Waals surface area (Å²) in [5.74, 6) is -0.231. The normalized spacial score (nSPS) is 16.8. The predicted molar refractivity (Wildman–Crippen MR) is 146 cm³/mol. The summed E-state index contributed by atoms with van der Waals surface area (Å²) in [6.07, 6.45) is 0. The van der Waals surface area contributed by atoms with Gasteiger partial charge in [-0.3, -0.25) is 24.7 Å².